The lowest BCUT2D eigenvalue weighted by atomic mass is 10.1. The standard InChI is InChI=1S/C18H14O5/c1-11-17(18(20)23-13-6-4-3-5-7-13)15-10-14(22-12(2)19)8-9-16(15)21-11/h3-10H,1-2H3. The third-order valence-corrected chi connectivity index (χ3v) is 3.25. The number of hydrogen-bond acceptors (Lipinski definition) is 5. The predicted molar refractivity (Wildman–Crippen MR) is 83.7 cm³/mol. The first-order valence-electron chi connectivity index (χ1n) is 7.03. The molecule has 0 N–H and O–H groups in total. The average Bonchev–Trinajstić information content (AvgIpc) is 2.83. The van der Waals surface area contributed by atoms with Crippen molar-refractivity contribution >= 4 is 22.9 Å². The third kappa shape index (κ3) is 3.08. The topological polar surface area (TPSA) is 65.7 Å². The second-order valence-corrected chi connectivity index (χ2v) is 4.99. The molecule has 1 aromatic heterocycles. The van der Waals surface area contributed by atoms with E-state index in [1.54, 1.807) is 49.4 Å². The minimum Gasteiger partial charge on any atom is -0.460 e. The van der Waals surface area contributed by atoms with Gasteiger partial charge in [-0.1, -0.05) is 18.2 Å². The number of hydrogen-bond donors (Lipinski definition) is 0. The molecule has 0 atom stereocenters. The van der Waals surface area contributed by atoms with Crippen LogP contribution in [0.1, 0.15) is 23.0 Å². The van der Waals surface area contributed by atoms with E-state index in [-0.39, 0.29) is 0 Å². The number of furan rings is 1. The van der Waals surface area contributed by atoms with Crippen LogP contribution in [-0.2, 0) is 4.79 Å². The third-order valence-electron chi connectivity index (χ3n) is 3.25. The quantitative estimate of drug-likeness (QED) is 0.542. The summed E-state index contributed by atoms with van der Waals surface area (Å²) >= 11 is 0. The lowest BCUT2D eigenvalue weighted by Gasteiger charge is -2.04. The summed E-state index contributed by atoms with van der Waals surface area (Å²) in [5.41, 5.74) is 0.844. The number of carbonyl (C=O) groups excluding carboxylic acids is 2. The van der Waals surface area contributed by atoms with Crippen LogP contribution in [0.15, 0.2) is 52.9 Å². The molecule has 0 saturated heterocycles. The Labute approximate surface area is 132 Å². The molecule has 0 saturated carbocycles. The van der Waals surface area contributed by atoms with E-state index in [4.69, 9.17) is 13.9 Å². The molecule has 3 aromatic rings. The number of aryl methyl sites for hydroxylation is 1. The van der Waals surface area contributed by atoms with Crippen LogP contribution in [0.2, 0.25) is 0 Å². The maximum atomic E-state index is 12.5. The maximum Gasteiger partial charge on any atom is 0.347 e. The first-order valence-corrected chi connectivity index (χ1v) is 7.03. The van der Waals surface area contributed by atoms with E-state index in [9.17, 15) is 9.59 Å². The fourth-order valence-corrected chi connectivity index (χ4v) is 2.33. The van der Waals surface area contributed by atoms with E-state index in [1.807, 2.05) is 6.07 Å². The fraction of sp³-hybridized carbons (Fsp3) is 0.111. The number of fused-ring (bicyclic) bond motifs is 1. The fourth-order valence-electron chi connectivity index (χ4n) is 2.33. The van der Waals surface area contributed by atoms with Crippen LogP contribution in [0, 0.1) is 6.92 Å². The summed E-state index contributed by atoms with van der Waals surface area (Å²) in [6.45, 7) is 3.00. The van der Waals surface area contributed by atoms with Crippen LogP contribution in [0.4, 0.5) is 0 Å². The van der Waals surface area contributed by atoms with E-state index in [0.717, 1.165) is 0 Å². The molecule has 0 aliphatic heterocycles. The average molecular weight is 310 g/mol. The van der Waals surface area contributed by atoms with Gasteiger partial charge in [-0.2, -0.15) is 0 Å². The number of benzene rings is 2. The van der Waals surface area contributed by atoms with E-state index in [1.165, 1.54) is 6.92 Å². The van der Waals surface area contributed by atoms with Crippen molar-refractivity contribution in [2.75, 3.05) is 0 Å². The number of ether oxygens (including phenoxy) is 2. The van der Waals surface area contributed by atoms with Crippen molar-refractivity contribution in [1.29, 1.82) is 0 Å². The molecule has 3 rings (SSSR count). The molecular formula is C18H14O5. The Hall–Kier alpha value is -3.08. The summed E-state index contributed by atoms with van der Waals surface area (Å²) in [5.74, 6) is 0.285. The largest absolute Gasteiger partial charge is 0.460 e. The molecule has 116 valence electrons. The Morgan fingerprint density at radius 3 is 2.39 bits per heavy atom. The minimum atomic E-state index is -0.521. The highest BCUT2D eigenvalue weighted by Crippen LogP contribution is 2.30. The molecule has 0 radical (unpaired) electrons. The van der Waals surface area contributed by atoms with E-state index >= 15 is 0 Å². The van der Waals surface area contributed by atoms with Gasteiger partial charge in [-0.3, -0.25) is 4.79 Å². The molecule has 2 aromatic carbocycles. The van der Waals surface area contributed by atoms with Gasteiger partial charge in [0.05, 0.1) is 0 Å². The highest BCUT2D eigenvalue weighted by Gasteiger charge is 2.21. The molecule has 5 nitrogen and oxygen atoms in total. The Balaban J connectivity index is 2.00. The monoisotopic (exact) mass is 310 g/mol. The van der Waals surface area contributed by atoms with E-state index in [0.29, 0.717) is 33.8 Å². The Morgan fingerprint density at radius 1 is 0.957 bits per heavy atom. The molecule has 0 fully saturated rings. The zero-order valence-corrected chi connectivity index (χ0v) is 12.7. The zero-order chi connectivity index (χ0) is 16.4. The number of carbonyl (C=O) groups is 2. The van der Waals surface area contributed by atoms with Gasteiger partial charge in [-0.05, 0) is 37.3 Å². The molecule has 0 aliphatic carbocycles. The van der Waals surface area contributed by atoms with Crippen molar-refractivity contribution in [3.63, 3.8) is 0 Å². The zero-order valence-electron chi connectivity index (χ0n) is 12.7. The van der Waals surface area contributed by atoms with Crippen molar-refractivity contribution in [3.05, 3.63) is 59.9 Å². The summed E-state index contributed by atoms with van der Waals surface area (Å²) in [5, 5.41) is 0.544. The van der Waals surface area contributed by atoms with Gasteiger partial charge in [0.2, 0.25) is 0 Å². The van der Waals surface area contributed by atoms with Crippen molar-refractivity contribution in [2.45, 2.75) is 13.8 Å². The molecular weight excluding hydrogens is 296 g/mol. The second kappa shape index (κ2) is 5.96. The van der Waals surface area contributed by atoms with Crippen LogP contribution in [0.5, 0.6) is 11.5 Å². The van der Waals surface area contributed by atoms with Crippen molar-refractivity contribution in [1.82, 2.24) is 0 Å². The van der Waals surface area contributed by atoms with E-state index < -0.39 is 11.9 Å². The lowest BCUT2D eigenvalue weighted by Crippen LogP contribution is -2.09. The summed E-state index contributed by atoms with van der Waals surface area (Å²) in [6.07, 6.45) is 0. The number of para-hydroxylation sites is 1. The molecule has 23 heavy (non-hydrogen) atoms. The molecule has 0 bridgehead atoms. The van der Waals surface area contributed by atoms with Gasteiger partial charge in [-0.15, -0.1) is 0 Å². The lowest BCUT2D eigenvalue weighted by molar-refractivity contribution is -0.131. The van der Waals surface area contributed by atoms with Crippen molar-refractivity contribution < 1.29 is 23.5 Å². The Bertz CT molecular complexity index is 877. The van der Waals surface area contributed by atoms with Gasteiger partial charge >= 0.3 is 11.9 Å². The number of rotatable bonds is 3. The summed E-state index contributed by atoms with van der Waals surface area (Å²) in [4.78, 5) is 23.5. The number of esters is 2. The van der Waals surface area contributed by atoms with Crippen LogP contribution < -0.4 is 9.47 Å². The smallest absolute Gasteiger partial charge is 0.347 e. The van der Waals surface area contributed by atoms with Gasteiger partial charge in [0, 0.05) is 12.3 Å². The molecule has 0 spiro atoms. The normalized spacial score (nSPS) is 10.5. The summed E-state index contributed by atoms with van der Waals surface area (Å²) < 4.78 is 16.0. The van der Waals surface area contributed by atoms with Crippen LogP contribution in [-0.4, -0.2) is 11.9 Å². The molecule has 0 unspecified atom stereocenters. The summed E-state index contributed by atoms with van der Waals surface area (Å²) in [6, 6.07) is 13.6. The van der Waals surface area contributed by atoms with Crippen molar-refractivity contribution in [3.8, 4) is 11.5 Å². The van der Waals surface area contributed by atoms with Gasteiger partial charge in [-0.25, -0.2) is 4.79 Å². The minimum absolute atomic E-state index is 0.317. The van der Waals surface area contributed by atoms with Gasteiger partial charge in [0.25, 0.3) is 0 Å². The summed E-state index contributed by atoms with van der Waals surface area (Å²) in [7, 11) is 0. The Morgan fingerprint density at radius 2 is 1.70 bits per heavy atom. The highest BCUT2D eigenvalue weighted by molar-refractivity contribution is 6.05. The molecule has 1 heterocycles. The predicted octanol–water partition coefficient (Wildman–Crippen LogP) is 3.89. The second-order valence-electron chi connectivity index (χ2n) is 4.99. The van der Waals surface area contributed by atoms with Gasteiger partial charge in [0.1, 0.15) is 28.4 Å². The first kappa shape index (κ1) is 14.8. The maximum absolute atomic E-state index is 12.5. The van der Waals surface area contributed by atoms with Crippen LogP contribution in [0.25, 0.3) is 11.0 Å². The SMILES string of the molecule is CC(=O)Oc1ccc2oc(C)c(C(=O)Oc3ccccc3)c2c1. The van der Waals surface area contributed by atoms with Crippen LogP contribution >= 0.6 is 0 Å². The molecule has 0 aliphatic rings. The van der Waals surface area contributed by atoms with Crippen molar-refractivity contribution in [2.24, 2.45) is 0 Å². The highest BCUT2D eigenvalue weighted by atomic mass is 16.5. The first-order chi connectivity index (χ1) is 11.0. The van der Waals surface area contributed by atoms with Gasteiger partial charge < -0.3 is 13.9 Å². The molecule has 5 heteroatoms. The molecule has 0 amide bonds. The van der Waals surface area contributed by atoms with E-state index in [2.05, 4.69) is 0 Å². The van der Waals surface area contributed by atoms with Gasteiger partial charge in [0.15, 0.2) is 0 Å². The van der Waals surface area contributed by atoms with Crippen LogP contribution in [0.3, 0.4) is 0 Å². The Kier molecular flexibility index (Phi) is 3.85.